The van der Waals surface area contributed by atoms with Crippen LogP contribution in [0.3, 0.4) is 0 Å². The molecule has 0 bridgehead atoms. The van der Waals surface area contributed by atoms with E-state index in [0.29, 0.717) is 17.1 Å². The van der Waals surface area contributed by atoms with Crippen molar-refractivity contribution in [2.75, 3.05) is 4.72 Å². The van der Waals surface area contributed by atoms with Gasteiger partial charge in [0.1, 0.15) is 17.8 Å². The number of aromatic nitrogens is 2. The first-order valence-electron chi connectivity index (χ1n) is 8.75. The quantitative estimate of drug-likeness (QED) is 0.466. The van der Waals surface area contributed by atoms with Gasteiger partial charge in [0.2, 0.25) is 5.13 Å². The van der Waals surface area contributed by atoms with E-state index in [-0.39, 0.29) is 10.0 Å². The van der Waals surface area contributed by atoms with Crippen LogP contribution >= 0.6 is 11.5 Å². The van der Waals surface area contributed by atoms with Gasteiger partial charge in [-0.2, -0.15) is 4.37 Å². The van der Waals surface area contributed by atoms with Gasteiger partial charge < -0.3 is 4.74 Å². The van der Waals surface area contributed by atoms with Crippen LogP contribution < -0.4 is 9.46 Å². The second-order valence-corrected chi connectivity index (χ2v) is 8.71. The highest BCUT2D eigenvalue weighted by molar-refractivity contribution is 7.93. The summed E-state index contributed by atoms with van der Waals surface area (Å²) in [5, 5.41) is 0.222. The van der Waals surface area contributed by atoms with Crippen molar-refractivity contribution in [1.82, 2.24) is 9.36 Å². The van der Waals surface area contributed by atoms with Crippen molar-refractivity contribution in [3.8, 4) is 22.6 Å². The molecule has 0 atom stereocenters. The molecular weight excluding hydrogens is 406 g/mol. The summed E-state index contributed by atoms with van der Waals surface area (Å²) >= 11 is 0.977. The molecule has 0 radical (unpaired) electrons. The Morgan fingerprint density at radius 2 is 1.69 bits per heavy atom. The Morgan fingerprint density at radius 3 is 2.41 bits per heavy atom. The summed E-state index contributed by atoms with van der Waals surface area (Å²) in [4.78, 5) is 3.99. The topological polar surface area (TPSA) is 81.2 Å². The van der Waals surface area contributed by atoms with Crippen molar-refractivity contribution in [1.29, 1.82) is 0 Å². The molecular formula is C21H17N3O3S2. The number of ether oxygens (including phenoxy) is 1. The minimum Gasteiger partial charge on any atom is -0.456 e. The zero-order valence-electron chi connectivity index (χ0n) is 15.4. The minimum absolute atomic E-state index is 0.133. The lowest BCUT2D eigenvalue weighted by Gasteiger charge is -2.14. The van der Waals surface area contributed by atoms with Gasteiger partial charge in [0.25, 0.3) is 10.0 Å². The maximum absolute atomic E-state index is 12.5. The number of sulfonamides is 1. The van der Waals surface area contributed by atoms with E-state index in [4.69, 9.17) is 4.74 Å². The molecule has 146 valence electrons. The molecule has 1 heterocycles. The van der Waals surface area contributed by atoms with Gasteiger partial charge >= 0.3 is 0 Å². The largest absolute Gasteiger partial charge is 0.456 e. The zero-order valence-corrected chi connectivity index (χ0v) is 17.1. The van der Waals surface area contributed by atoms with E-state index in [1.54, 1.807) is 12.1 Å². The Labute approximate surface area is 173 Å². The fraction of sp³-hybridized carbons (Fsp3) is 0.0476. The molecule has 1 N–H and O–H groups in total. The lowest BCUT2D eigenvalue weighted by Crippen LogP contribution is -2.13. The van der Waals surface area contributed by atoms with Crippen molar-refractivity contribution in [3.05, 3.63) is 84.7 Å². The van der Waals surface area contributed by atoms with Gasteiger partial charge in [-0.05, 0) is 42.3 Å². The predicted octanol–water partition coefficient (Wildman–Crippen LogP) is 5.11. The van der Waals surface area contributed by atoms with Gasteiger partial charge in [-0.25, -0.2) is 13.4 Å². The van der Waals surface area contributed by atoms with Crippen LogP contribution in [0.4, 0.5) is 5.13 Å². The van der Waals surface area contributed by atoms with Gasteiger partial charge in [0, 0.05) is 17.1 Å². The van der Waals surface area contributed by atoms with Gasteiger partial charge in [-0.3, -0.25) is 4.72 Å². The standard InChI is InChI=1S/C21H17N3O3S2/c1-15-13-17(29(25,26)24-21-22-14-23-28-21)11-12-19(15)27-20-10-6-5-9-18(20)16-7-3-2-4-8-16/h2-14H,1H3,(H,22,23,24). The molecule has 1 aromatic heterocycles. The SMILES string of the molecule is Cc1cc(S(=O)(=O)Nc2ncns2)ccc1Oc1ccccc1-c1ccccc1. The Morgan fingerprint density at radius 1 is 0.931 bits per heavy atom. The van der Waals surface area contributed by atoms with Crippen LogP contribution in [-0.2, 0) is 10.0 Å². The Balaban J connectivity index is 1.62. The zero-order chi connectivity index (χ0) is 20.3. The fourth-order valence-corrected chi connectivity index (χ4v) is 4.57. The molecule has 4 rings (SSSR count). The maximum Gasteiger partial charge on any atom is 0.263 e. The van der Waals surface area contributed by atoms with Gasteiger partial charge in [0.15, 0.2) is 0 Å². The molecule has 8 heteroatoms. The van der Waals surface area contributed by atoms with E-state index < -0.39 is 10.0 Å². The van der Waals surface area contributed by atoms with Crippen LogP contribution in [0.1, 0.15) is 5.56 Å². The number of anilines is 1. The van der Waals surface area contributed by atoms with Crippen molar-refractivity contribution in [2.45, 2.75) is 11.8 Å². The molecule has 0 unspecified atom stereocenters. The summed E-state index contributed by atoms with van der Waals surface area (Å²) in [6.45, 7) is 1.81. The summed E-state index contributed by atoms with van der Waals surface area (Å²) in [6.07, 6.45) is 1.30. The summed E-state index contributed by atoms with van der Waals surface area (Å²) in [5.74, 6) is 1.28. The minimum atomic E-state index is -3.74. The molecule has 0 saturated carbocycles. The summed E-state index contributed by atoms with van der Waals surface area (Å²) in [5.41, 5.74) is 2.70. The molecule has 0 aliphatic heterocycles. The summed E-state index contributed by atoms with van der Waals surface area (Å²) in [7, 11) is -3.74. The third kappa shape index (κ3) is 4.28. The number of nitrogens with zero attached hydrogens (tertiary/aromatic N) is 2. The van der Waals surface area contributed by atoms with E-state index in [0.717, 1.165) is 22.7 Å². The van der Waals surface area contributed by atoms with Crippen molar-refractivity contribution < 1.29 is 13.2 Å². The van der Waals surface area contributed by atoms with Crippen molar-refractivity contribution >= 4 is 26.7 Å². The molecule has 0 saturated heterocycles. The Hall–Kier alpha value is -3.23. The maximum atomic E-state index is 12.5. The second kappa shape index (κ2) is 8.02. The predicted molar refractivity (Wildman–Crippen MR) is 114 cm³/mol. The molecule has 0 fully saturated rings. The molecule has 0 amide bonds. The Bertz CT molecular complexity index is 1230. The number of aryl methyl sites for hydroxylation is 1. The van der Waals surface area contributed by atoms with E-state index >= 15 is 0 Å². The van der Waals surface area contributed by atoms with E-state index in [2.05, 4.69) is 14.1 Å². The lowest BCUT2D eigenvalue weighted by atomic mass is 10.0. The normalized spacial score (nSPS) is 11.2. The van der Waals surface area contributed by atoms with Crippen LogP contribution in [0.2, 0.25) is 0 Å². The molecule has 6 nitrogen and oxygen atoms in total. The molecule has 29 heavy (non-hydrogen) atoms. The van der Waals surface area contributed by atoms with Crippen LogP contribution in [0, 0.1) is 6.92 Å². The lowest BCUT2D eigenvalue weighted by molar-refractivity contribution is 0.480. The smallest absolute Gasteiger partial charge is 0.263 e. The third-order valence-electron chi connectivity index (χ3n) is 4.23. The number of hydrogen-bond donors (Lipinski definition) is 1. The average Bonchev–Trinajstić information content (AvgIpc) is 3.23. The Kier molecular flexibility index (Phi) is 5.28. The molecule has 3 aromatic carbocycles. The van der Waals surface area contributed by atoms with Gasteiger partial charge in [0.05, 0.1) is 4.90 Å². The number of hydrogen-bond acceptors (Lipinski definition) is 6. The van der Waals surface area contributed by atoms with Crippen molar-refractivity contribution in [3.63, 3.8) is 0 Å². The fourth-order valence-electron chi connectivity index (χ4n) is 2.83. The van der Waals surface area contributed by atoms with Crippen LogP contribution in [-0.4, -0.2) is 17.8 Å². The third-order valence-corrected chi connectivity index (χ3v) is 6.28. The first-order chi connectivity index (χ1) is 14.0. The summed E-state index contributed by atoms with van der Waals surface area (Å²) < 4.78 is 37.4. The molecule has 4 aromatic rings. The highest BCUT2D eigenvalue weighted by Gasteiger charge is 2.18. The van der Waals surface area contributed by atoms with Crippen LogP contribution in [0.25, 0.3) is 11.1 Å². The highest BCUT2D eigenvalue weighted by Crippen LogP contribution is 2.35. The van der Waals surface area contributed by atoms with Gasteiger partial charge in [-0.1, -0.05) is 48.5 Å². The molecule has 0 aliphatic rings. The van der Waals surface area contributed by atoms with Crippen molar-refractivity contribution in [2.24, 2.45) is 0 Å². The average molecular weight is 424 g/mol. The highest BCUT2D eigenvalue weighted by atomic mass is 32.2. The molecule has 0 aliphatic carbocycles. The summed E-state index contributed by atoms with van der Waals surface area (Å²) in [6, 6.07) is 22.4. The molecule has 0 spiro atoms. The van der Waals surface area contributed by atoms with Crippen LogP contribution in [0.5, 0.6) is 11.5 Å². The van der Waals surface area contributed by atoms with Crippen LogP contribution in [0.15, 0.2) is 84.0 Å². The second-order valence-electron chi connectivity index (χ2n) is 6.24. The number of para-hydroxylation sites is 1. The van der Waals surface area contributed by atoms with E-state index in [1.165, 1.54) is 12.4 Å². The number of nitrogens with one attached hydrogen (secondary N) is 1. The number of rotatable bonds is 6. The van der Waals surface area contributed by atoms with E-state index in [9.17, 15) is 8.42 Å². The first-order valence-corrected chi connectivity index (χ1v) is 11.0. The van der Waals surface area contributed by atoms with E-state index in [1.807, 2.05) is 61.5 Å². The number of benzene rings is 3. The van der Waals surface area contributed by atoms with Gasteiger partial charge in [-0.15, -0.1) is 0 Å². The first kappa shape index (κ1) is 19.1. The monoisotopic (exact) mass is 423 g/mol.